The third-order valence-corrected chi connectivity index (χ3v) is 8.94. The van der Waals surface area contributed by atoms with Gasteiger partial charge >= 0.3 is 0 Å². The van der Waals surface area contributed by atoms with Crippen LogP contribution in [0, 0.1) is 5.92 Å². The molecule has 5 aliphatic rings. The predicted octanol–water partition coefficient (Wildman–Crippen LogP) is 5.06. The molecule has 5 aliphatic heterocycles. The molecule has 3 aromatic rings. The third kappa shape index (κ3) is 3.13. The van der Waals surface area contributed by atoms with Crippen LogP contribution in [0.4, 0.5) is 5.69 Å². The Hall–Kier alpha value is -3.51. The van der Waals surface area contributed by atoms with E-state index in [4.69, 9.17) is 18.9 Å². The Labute approximate surface area is 222 Å². The van der Waals surface area contributed by atoms with Crippen molar-refractivity contribution in [2.45, 2.75) is 44.1 Å². The fourth-order valence-electron chi connectivity index (χ4n) is 7.09. The van der Waals surface area contributed by atoms with Crippen LogP contribution in [0.25, 0.3) is 11.1 Å². The van der Waals surface area contributed by atoms with Crippen LogP contribution in [0.2, 0.25) is 0 Å². The van der Waals surface area contributed by atoms with Crippen molar-refractivity contribution < 1.29 is 23.7 Å². The minimum atomic E-state index is -0.892. The van der Waals surface area contributed by atoms with E-state index in [0.29, 0.717) is 25.7 Å². The first-order chi connectivity index (χ1) is 18.6. The van der Waals surface area contributed by atoms with Gasteiger partial charge in [0.05, 0.1) is 25.9 Å². The molecule has 6 nitrogen and oxygen atoms in total. The summed E-state index contributed by atoms with van der Waals surface area (Å²) in [6.45, 7) is 5.27. The Balaban J connectivity index is 1.33. The molecule has 8 rings (SSSR count). The number of carbonyl (C=O) groups excluding carboxylic acids is 1. The molecule has 0 N–H and O–H groups in total. The Morgan fingerprint density at radius 3 is 2.82 bits per heavy atom. The standard InChI is InChI=1S/C32H31NO5/c1-19-12-22-13-20(7-8-27(22)37-17-19)24-5-2-6-26-30(24)32(31(34)33(26)16-23-4-3-10-35-23)18-38-29-15-28-21(9-11-36-28)14-25(29)32/h2,5-8,13-15,19,23H,3-4,9-12,16-18H2,1H3. The lowest BCUT2D eigenvalue weighted by atomic mass is 9.73. The summed E-state index contributed by atoms with van der Waals surface area (Å²) in [5, 5.41) is 0. The summed E-state index contributed by atoms with van der Waals surface area (Å²) in [4.78, 5) is 16.6. The molecule has 0 radical (unpaired) electrons. The summed E-state index contributed by atoms with van der Waals surface area (Å²) in [6.07, 6.45) is 3.92. The monoisotopic (exact) mass is 509 g/mol. The molecular formula is C32H31NO5. The lowest BCUT2D eigenvalue weighted by molar-refractivity contribution is -0.122. The van der Waals surface area contributed by atoms with Crippen LogP contribution in [-0.4, -0.2) is 45.0 Å². The lowest BCUT2D eigenvalue weighted by Crippen LogP contribution is -2.45. The number of hydrogen-bond acceptors (Lipinski definition) is 5. The molecule has 3 atom stereocenters. The van der Waals surface area contributed by atoms with Gasteiger partial charge in [-0.05, 0) is 71.7 Å². The number of hydrogen-bond donors (Lipinski definition) is 0. The van der Waals surface area contributed by atoms with Gasteiger partial charge in [0, 0.05) is 35.9 Å². The Morgan fingerprint density at radius 2 is 1.92 bits per heavy atom. The highest BCUT2D eigenvalue weighted by Crippen LogP contribution is 2.56. The van der Waals surface area contributed by atoms with Crippen LogP contribution in [0.5, 0.6) is 17.2 Å². The normalized spacial score (nSPS) is 26.4. The minimum absolute atomic E-state index is 0.0585. The van der Waals surface area contributed by atoms with Crippen molar-refractivity contribution in [1.29, 1.82) is 0 Å². The second kappa shape index (κ2) is 8.24. The van der Waals surface area contributed by atoms with Gasteiger partial charge in [0.2, 0.25) is 5.91 Å². The molecule has 194 valence electrons. The molecule has 1 amide bonds. The summed E-state index contributed by atoms with van der Waals surface area (Å²) in [5.74, 6) is 3.16. The maximum atomic E-state index is 14.6. The highest BCUT2D eigenvalue weighted by molar-refractivity contribution is 6.13. The van der Waals surface area contributed by atoms with Crippen LogP contribution < -0.4 is 19.1 Å². The van der Waals surface area contributed by atoms with Gasteiger partial charge in [-0.3, -0.25) is 4.79 Å². The fraction of sp³-hybridized carbons (Fsp3) is 0.406. The van der Waals surface area contributed by atoms with Crippen molar-refractivity contribution in [2.75, 3.05) is 37.9 Å². The van der Waals surface area contributed by atoms with Crippen LogP contribution in [0.15, 0.2) is 48.5 Å². The number of fused-ring (bicyclic) bond motifs is 6. The molecular weight excluding hydrogens is 478 g/mol. The van der Waals surface area contributed by atoms with Crippen molar-refractivity contribution in [3.8, 4) is 28.4 Å². The number of rotatable bonds is 3. The fourth-order valence-corrected chi connectivity index (χ4v) is 7.09. The zero-order valence-electron chi connectivity index (χ0n) is 21.6. The van der Waals surface area contributed by atoms with E-state index in [1.807, 2.05) is 11.0 Å². The van der Waals surface area contributed by atoms with Crippen LogP contribution in [-0.2, 0) is 27.8 Å². The predicted molar refractivity (Wildman–Crippen MR) is 143 cm³/mol. The molecule has 1 fully saturated rings. The first-order valence-corrected chi connectivity index (χ1v) is 13.9. The Morgan fingerprint density at radius 1 is 0.974 bits per heavy atom. The van der Waals surface area contributed by atoms with E-state index in [2.05, 4.69) is 49.4 Å². The van der Waals surface area contributed by atoms with E-state index in [9.17, 15) is 4.79 Å². The molecule has 3 aromatic carbocycles. The second-order valence-electron chi connectivity index (χ2n) is 11.4. The maximum absolute atomic E-state index is 14.6. The van der Waals surface area contributed by atoms with E-state index in [1.165, 1.54) is 5.56 Å². The van der Waals surface area contributed by atoms with E-state index in [1.54, 1.807) is 0 Å². The van der Waals surface area contributed by atoms with Gasteiger partial charge in [-0.15, -0.1) is 0 Å². The molecule has 1 saturated heterocycles. The van der Waals surface area contributed by atoms with Crippen LogP contribution >= 0.6 is 0 Å². The highest BCUT2D eigenvalue weighted by atomic mass is 16.5. The SMILES string of the molecule is CC1COc2ccc(-c3cccc4c3C3(COc5cc6c(cc53)CCO6)C(=O)N4CC3CCCO3)cc2C1. The lowest BCUT2D eigenvalue weighted by Gasteiger charge is -2.26. The molecule has 1 spiro atoms. The summed E-state index contributed by atoms with van der Waals surface area (Å²) >= 11 is 0. The highest BCUT2D eigenvalue weighted by Gasteiger charge is 2.58. The average molecular weight is 510 g/mol. The maximum Gasteiger partial charge on any atom is 0.245 e. The topological polar surface area (TPSA) is 57.2 Å². The molecule has 5 heterocycles. The summed E-state index contributed by atoms with van der Waals surface area (Å²) in [5.41, 5.74) is 6.66. The number of nitrogens with zero attached hydrogens (tertiary/aromatic N) is 1. The first-order valence-electron chi connectivity index (χ1n) is 13.9. The van der Waals surface area contributed by atoms with Gasteiger partial charge in [0.1, 0.15) is 29.3 Å². The molecule has 0 saturated carbocycles. The molecule has 0 bridgehead atoms. The van der Waals surface area contributed by atoms with E-state index in [0.717, 1.165) is 89.7 Å². The number of carbonyl (C=O) groups is 1. The average Bonchev–Trinajstić information content (AvgIpc) is 3.72. The molecule has 0 aromatic heterocycles. The number of ether oxygens (including phenoxy) is 4. The van der Waals surface area contributed by atoms with Gasteiger partial charge in [-0.25, -0.2) is 0 Å². The summed E-state index contributed by atoms with van der Waals surface area (Å²) in [7, 11) is 0. The largest absolute Gasteiger partial charge is 0.493 e. The van der Waals surface area contributed by atoms with Gasteiger partial charge in [-0.2, -0.15) is 0 Å². The van der Waals surface area contributed by atoms with Gasteiger partial charge in [-0.1, -0.05) is 25.1 Å². The Bertz CT molecular complexity index is 1470. The van der Waals surface area contributed by atoms with Crippen LogP contribution in [0.3, 0.4) is 0 Å². The smallest absolute Gasteiger partial charge is 0.245 e. The zero-order chi connectivity index (χ0) is 25.4. The molecule has 3 unspecified atom stereocenters. The summed E-state index contributed by atoms with van der Waals surface area (Å²) in [6, 6.07) is 17.0. The molecule has 6 heteroatoms. The van der Waals surface area contributed by atoms with E-state index < -0.39 is 5.41 Å². The van der Waals surface area contributed by atoms with Crippen LogP contribution in [0.1, 0.15) is 42.0 Å². The quantitative estimate of drug-likeness (QED) is 0.494. The zero-order valence-corrected chi connectivity index (χ0v) is 21.6. The van der Waals surface area contributed by atoms with Gasteiger partial charge in [0.25, 0.3) is 0 Å². The first kappa shape index (κ1) is 22.5. The third-order valence-electron chi connectivity index (χ3n) is 8.94. The van der Waals surface area contributed by atoms with Crippen molar-refractivity contribution in [1.82, 2.24) is 0 Å². The van der Waals surface area contributed by atoms with E-state index in [-0.39, 0.29) is 12.0 Å². The number of amides is 1. The van der Waals surface area contributed by atoms with Crippen molar-refractivity contribution in [2.24, 2.45) is 5.92 Å². The number of benzene rings is 3. The molecule has 0 aliphatic carbocycles. The van der Waals surface area contributed by atoms with Gasteiger partial charge < -0.3 is 23.8 Å². The van der Waals surface area contributed by atoms with Crippen molar-refractivity contribution >= 4 is 11.6 Å². The van der Waals surface area contributed by atoms with Gasteiger partial charge in [0.15, 0.2) is 0 Å². The summed E-state index contributed by atoms with van der Waals surface area (Å²) < 4.78 is 24.1. The van der Waals surface area contributed by atoms with Crippen molar-refractivity contribution in [3.63, 3.8) is 0 Å². The minimum Gasteiger partial charge on any atom is -0.493 e. The van der Waals surface area contributed by atoms with E-state index >= 15 is 0 Å². The second-order valence-corrected chi connectivity index (χ2v) is 11.4. The molecule has 38 heavy (non-hydrogen) atoms. The number of anilines is 1. The van der Waals surface area contributed by atoms with Crippen molar-refractivity contribution in [3.05, 3.63) is 70.8 Å². The Kier molecular flexibility index (Phi) is 4.87.